The Kier molecular flexibility index (Phi) is 4.35. The smallest absolute Gasteiger partial charge is 0.130 e. The fourth-order valence-corrected chi connectivity index (χ4v) is 2.49. The highest BCUT2D eigenvalue weighted by Gasteiger charge is 2.12. The van der Waals surface area contributed by atoms with Crippen molar-refractivity contribution in [3.8, 4) is 0 Å². The van der Waals surface area contributed by atoms with Gasteiger partial charge in [-0.25, -0.2) is 8.78 Å². The summed E-state index contributed by atoms with van der Waals surface area (Å²) >= 11 is 0. The standard InChI is InChI=1S/C10H13F2NOS/c1-7(13)5-15(14)6-8-9(11)3-2-4-10(8)12/h2-4,7H,5-6,13H2,1H3. The van der Waals surface area contributed by atoms with Crippen molar-refractivity contribution in [1.29, 1.82) is 0 Å². The maximum absolute atomic E-state index is 13.1. The van der Waals surface area contributed by atoms with Crippen molar-refractivity contribution in [2.45, 2.75) is 18.7 Å². The van der Waals surface area contributed by atoms with Crippen LogP contribution in [0.1, 0.15) is 12.5 Å². The molecule has 0 aliphatic rings. The zero-order valence-electron chi connectivity index (χ0n) is 8.37. The summed E-state index contributed by atoms with van der Waals surface area (Å²) in [7, 11) is -1.33. The van der Waals surface area contributed by atoms with Gasteiger partial charge in [-0.1, -0.05) is 6.07 Å². The lowest BCUT2D eigenvalue weighted by atomic mass is 10.2. The summed E-state index contributed by atoms with van der Waals surface area (Å²) in [6.45, 7) is 1.70. The summed E-state index contributed by atoms with van der Waals surface area (Å²) in [5, 5.41) is 0. The van der Waals surface area contributed by atoms with E-state index in [1.807, 2.05) is 0 Å². The average molecular weight is 233 g/mol. The summed E-state index contributed by atoms with van der Waals surface area (Å²) < 4.78 is 37.7. The monoisotopic (exact) mass is 233 g/mol. The molecule has 0 amide bonds. The molecule has 1 aromatic rings. The van der Waals surface area contributed by atoms with Gasteiger partial charge in [-0.3, -0.25) is 4.21 Å². The SMILES string of the molecule is CC(N)CS(=O)Cc1c(F)cccc1F. The number of hydrogen-bond acceptors (Lipinski definition) is 2. The molecule has 0 aliphatic heterocycles. The van der Waals surface area contributed by atoms with Crippen molar-refractivity contribution in [1.82, 2.24) is 0 Å². The van der Waals surface area contributed by atoms with Gasteiger partial charge < -0.3 is 5.73 Å². The minimum absolute atomic E-state index is 0.125. The molecule has 0 heterocycles. The van der Waals surface area contributed by atoms with E-state index in [9.17, 15) is 13.0 Å². The Morgan fingerprint density at radius 2 is 1.93 bits per heavy atom. The first-order chi connectivity index (χ1) is 7.00. The van der Waals surface area contributed by atoms with Crippen molar-refractivity contribution < 1.29 is 13.0 Å². The van der Waals surface area contributed by atoms with Crippen LogP contribution < -0.4 is 5.73 Å². The third-order valence-corrected chi connectivity index (χ3v) is 3.32. The Balaban J connectivity index is 2.76. The Morgan fingerprint density at radius 1 is 1.40 bits per heavy atom. The van der Waals surface area contributed by atoms with E-state index in [0.29, 0.717) is 0 Å². The van der Waals surface area contributed by atoms with Crippen LogP contribution >= 0.6 is 0 Å². The van der Waals surface area contributed by atoms with E-state index in [4.69, 9.17) is 5.73 Å². The number of benzene rings is 1. The van der Waals surface area contributed by atoms with Gasteiger partial charge in [0.25, 0.3) is 0 Å². The minimum Gasteiger partial charge on any atom is -0.327 e. The third kappa shape index (κ3) is 3.68. The molecule has 2 atom stereocenters. The van der Waals surface area contributed by atoms with Crippen molar-refractivity contribution in [2.24, 2.45) is 5.73 Å². The molecule has 0 aromatic heterocycles. The molecule has 1 rings (SSSR count). The second kappa shape index (κ2) is 5.32. The van der Waals surface area contributed by atoms with E-state index >= 15 is 0 Å². The molecule has 0 radical (unpaired) electrons. The van der Waals surface area contributed by atoms with Gasteiger partial charge in [0.2, 0.25) is 0 Å². The number of hydrogen-bond donors (Lipinski definition) is 1. The Morgan fingerprint density at radius 3 is 2.40 bits per heavy atom. The van der Waals surface area contributed by atoms with E-state index in [2.05, 4.69) is 0 Å². The first kappa shape index (κ1) is 12.3. The Hall–Kier alpha value is -0.810. The van der Waals surface area contributed by atoms with Crippen molar-refractivity contribution in [3.05, 3.63) is 35.4 Å². The number of halogens is 2. The van der Waals surface area contributed by atoms with Crippen LogP contribution in [0.25, 0.3) is 0 Å². The van der Waals surface area contributed by atoms with E-state index in [1.165, 1.54) is 6.07 Å². The van der Waals surface area contributed by atoms with Crippen molar-refractivity contribution in [3.63, 3.8) is 0 Å². The maximum atomic E-state index is 13.1. The predicted octanol–water partition coefficient (Wildman–Crippen LogP) is 1.56. The lowest BCUT2D eigenvalue weighted by molar-refractivity contribution is 0.564. The molecule has 0 saturated heterocycles. The van der Waals surface area contributed by atoms with Gasteiger partial charge in [-0.15, -0.1) is 0 Å². The summed E-state index contributed by atoms with van der Waals surface area (Å²) in [6, 6.07) is 3.35. The first-order valence-electron chi connectivity index (χ1n) is 4.54. The van der Waals surface area contributed by atoms with Crippen LogP contribution in [0, 0.1) is 11.6 Å². The van der Waals surface area contributed by atoms with Gasteiger partial charge in [0.15, 0.2) is 0 Å². The molecular formula is C10H13F2NOS. The molecule has 0 aliphatic carbocycles. The molecule has 1 aromatic carbocycles. The van der Waals surface area contributed by atoms with Gasteiger partial charge >= 0.3 is 0 Å². The highest BCUT2D eigenvalue weighted by molar-refractivity contribution is 7.84. The first-order valence-corrected chi connectivity index (χ1v) is 6.03. The summed E-state index contributed by atoms with van der Waals surface area (Å²) in [6.07, 6.45) is 0. The molecule has 0 spiro atoms. The normalized spacial score (nSPS) is 14.9. The molecule has 15 heavy (non-hydrogen) atoms. The van der Waals surface area contributed by atoms with Gasteiger partial charge in [-0.2, -0.15) is 0 Å². The molecule has 84 valence electrons. The van der Waals surface area contributed by atoms with Gasteiger partial charge in [0.05, 0.1) is 5.75 Å². The van der Waals surface area contributed by atoms with Gasteiger partial charge in [-0.05, 0) is 19.1 Å². The molecule has 5 heteroatoms. The number of nitrogens with two attached hydrogens (primary N) is 1. The van der Waals surface area contributed by atoms with Crippen LogP contribution in [0.15, 0.2) is 18.2 Å². The zero-order valence-corrected chi connectivity index (χ0v) is 9.19. The summed E-state index contributed by atoms with van der Waals surface area (Å²) in [5.41, 5.74) is 5.31. The van der Waals surface area contributed by atoms with Crippen molar-refractivity contribution >= 4 is 10.8 Å². The summed E-state index contributed by atoms with van der Waals surface area (Å²) in [5.74, 6) is -1.20. The Bertz CT molecular complexity index is 348. The lowest BCUT2D eigenvalue weighted by Crippen LogP contribution is -2.23. The average Bonchev–Trinajstić information content (AvgIpc) is 2.10. The minimum atomic E-state index is -1.33. The van der Waals surface area contributed by atoms with Crippen LogP contribution in [-0.2, 0) is 16.6 Å². The molecule has 0 fully saturated rings. The quantitative estimate of drug-likeness (QED) is 0.857. The van der Waals surface area contributed by atoms with Crippen LogP contribution in [-0.4, -0.2) is 16.0 Å². The summed E-state index contributed by atoms with van der Waals surface area (Å²) in [4.78, 5) is 0. The third-order valence-electron chi connectivity index (χ3n) is 1.82. The van der Waals surface area contributed by atoms with E-state index in [1.54, 1.807) is 6.92 Å². The topological polar surface area (TPSA) is 43.1 Å². The van der Waals surface area contributed by atoms with E-state index in [0.717, 1.165) is 12.1 Å². The highest BCUT2D eigenvalue weighted by Crippen LogP contribution is 2.14. The predicted molar refractivity (Wildman–Crippen MR) is 56.7 cm³/mol. The van der Waals surface area contributed by atoms with Gasteiger partial charge in [0.1, 0.15) is 11.6 Å². The fraction of sp³-hybridized carbons (Fsp3) is 0.400. The van der Waals surface area contributed by atoms with E-state index < -0.39 is 22.4 Å². The zero-order chi connectivity index (χ0) is 11.4. The molecule has 2 nitrogen and oxygen atoms in total. The Labute approximate surface area is 89.9 Å². The van der Waals surface area contributed by atoms with Crippen LogP contribution in [0.4, 0.5) is 8.78 Å². The maximum Gasteiger partial charge on any atom is 0.130 e. The van der Waals surface area contributed by atoms with Crippen LogP contribution in [0.3, 0.4) is 0 Å². The van der Waals surface area contributed by atoms with Crippen LogP contribution in [0.5, 0.6) is 0 Å². The molecular weight excluding hydrogens is 220 g/mol. The van der Waals surface area contributed by atoms with Gasteiger partial charge in [0, 0.05) is 28.2 Å². The largest absolute Gasteiger partial charge is 0.327 e. The lowest BCUT2D eigenvalue weighted by Gasteiger charge is -2.07. The molecule has 2 N–H and O–H groups in total. The van der Waals surface area contributed by atoms with E-state index in [-0.39, 0.29) is 23.1 Å². The van der Waals surface area contributed by atoms with Crippen molar-refractivity contribution in [2.75, 3.05) is 5.75 Å². The fourth-order valence-electron chi connectivity index (χ4n) is 1.18. The van der Waals surface area contributed by atoms with Crippen LogP contribution in [0.2, 0.25) is 0 Å². The second-order valence-corrected chi connectivity index (χ2v) is 4.93. The highest BCUT2D eigenvalue weighted by atomic mass is 32.2. The molecule has 0 bridgehead atoms. The molecule has 0 saturated carbocycles. The molecule has 2 unspecified atom stereocenters. The second-order valence-electron chi connectivity index (χ2n) is 3.43. The number of rotatable bonds is 4.